The molecule has 8 nitrogen and oxygen atoms in total. The molecule has 1 aromatic heterocycles. The highest BCUT2D eigenvalue weighted by Crippen LogP contribution is 2.38. The second kappa shape index (κ2) is 10.8. The fourth-order valence-electron chi connectivity index (χ4n) is 4.61. The lowest BCUT2D eigenvalue weighted by atomic mass is 10.0. The first-order valence-electron chi connectivity index (χ1n) is 12.2. The molecule has 15 heteroatoms. The summed E-state index contributed by atoms with van der Waals surface area (Å²) in [6, 6.07) is 7.79. The van der Waals surface area contributed by atoms with Gasteiger partial charge < -0.3 is 15.3 Å². The number of aliphatic imine (C=N–C) groups is 1. The Morgan fingerprint density at radius 3 is 2.61 bits per heavy atom. The van der Waals surface area contributed by atoms with E-state index in [1.54, 1.807) is 18.2 Å². The normalized spacial score (nSPS) is 19.2. The number of hydrogen-bond donors (Lipinski definition) is 2. The third kappa shape index (κ3) is 5.95. The molecular weight excluding hydrogens is 574 g/mol. The van der Waals surface area contributed by atoms with Gasteiger partial charge in [-0.2, -0.15) is 41.7 Å². The van der Waals surface area contributed by atoms with E-state index in [1.807, 2.05) is 11.0 Å². The highest BCUT2D eigenvalue weighted by atomic mass is 32.2. The number of nitrogens with zero attached hydrogens (tertiary/aromatic N) is 5. The number of aliphatic hydroxyl groups excluding tert-OH is 1. The minimum atomic E-state index is -5.05. The number of thioether (sulfide) groups is 1. The van der Waals surface area contributed by atoms with Gasteiger partial charge in [0.2, 0.25) is 0 Å². The van der Waals surface area contributed by atoms with Crippen molar-refractivity contribution < 1.29 is 36.2 Å². The second-order valence-electron chi connectivity index (χ2n) is 9.35. The quantitative estimate of drug-likeness (QED) is 0.344. The Balaban J connectivity index is 1.43. The number of nitriles is 1. The van der Waals surface area contributed by atoms with Crippen LogP contribution in [0.15, 0.2) is 46.3 Å². The summed E-state index contributed by atoms with van der Waals surface area (Å²) in [7, 11) is 0. The molecule has 0 radical (unpaired) electrons. The van der Waals surface area contributed by atoms with E-state index < -0.39 is 41.5 Å². The van der Waals surface area contributed by atoms with Crippen LogP contribution in [-0.2, 0) is 23.7 Å². The van der Waals surface area contributed by atoms with Crippen molar-refractivity contribution >= 4 is 39.8 Å². The van der Waals surface area contributed by atoms with Gasteiger partial charge in [-0.3, -0.25) is 9.48 Å². The SMILES string of the molecule is N#Cc1nn(Cc2ccc(C(F)(F)F)cc2C(F)(F)F)c2ccc(/C=C3\SC(N4CCN[C@H](CO)C4)=NC3=O)cc12. The van der Waals surface area contributed by atoms with Gasteiger partial charge >= 0.3 is 12.4 Å². The topological polar surface area (TPSA) is 107 Å². The minimum absolute atomic E-state index is 0.0591. The molecule has 1 atom stereocenters. The average Bonchev–Trinajstić information content (AvgIpc) is 3.47. The van der Waals surface area contributed by atoms with E-state index in [0.717, 1.165) is 10.7 Å². The first-order chi connectivity index (χ1) is 19.4. The first-order valence-corrected chi connectivity index (χ1v) is 13.0. The number of nitrogens with one attached hydrogen (secondary N) is 1. The van der Waals surface area contributed by atoms with Gasteiger partial charge in [0.25, 0.3) is 5.91 Å². The standard InChI is InChI=1S/C26H20F6N6O2S/c27-25(28,29)16-3-2-15(19(9-16)26(30,31)32)11-38-21-4-1-14(7-18(21)20(10-33)36-38)8-22-23(40)35-24(41-22)37-6-5-34-17(12-37)13-39/h1-4,7-9,17,34,39H,5-6,11-13H2/b22-8-/t17-/m0/s1. The zero-order valence-electron chi connectivity index (χ0n) is 20.9. The van der Waals surface area contributed by atoms with Crippen LogP contribution in [0.1, 0.15) is 27.9 Å². The Labute approximate surface area is 232 Å². The van der Waals surface area contributed by atoms with E-state index in [1.165, 1.54) is 17.8 Å². The number of aliphatic hydroxyl groups is 1. The Bertz CT molecular complexity index is 1620. The van der Waals surface area contributed by atoms with Crippen molar-refractivity contribution in [3.05, 3.63) is 69.3 Å². The molecule has 0 bridgehead atoms. The fraction of sp³-hybridized carbons (Fsp3) is 0.308. The number of alkyl halides is 6. The number of amidine groups is 1. The maximum Gasteiger partial charge on any atom is 0.416 e. The predicted octanol–water partition coefficient (Wildman–Crippen LogP) is 4.23. The van der Waals surface area contributed by atoms with E-state index in [-0.39, 0.29) is 29.9 Å². The largest absolute Gasteiger partial charge is 0.416 e. The van der Waals surface area contributed by atoms with Crippen molar-refractivity contribution in [2.24, 2.45) is 4.99 Å². The Morgan fingerprint density at radius 1 is 1.15 bits per heavy atom. The molecule has 3 heterocycles. The number of halogens is 6. The molecule has 1 saturated heterocycles. The van der Waals surface area contributed by atoms with Crippen LogP contribution < -0.4 is 5.32 Å². The van der Waals surface area contributed by atoms with Gasteiger partial charge in [0, 0.05) is 31.1 Å². The van der Waals surface area contributed by atoms with Crippen LogP contribution in [0.3, 0.4) is 0 Å². The number of piperazine rings is 1. The molecule has 0 unspecified atom stereocenters. The Hall–Kier alpha value is -3.87. The van der Waals surface area contributed by atoms with Gasteiger partial charge in [0.15, 0.2) is 10.9 Å². The maximum atomic E-state index is 13.7. The minimum Gasteiger partial charge on any atom is -0.395 e. The van der Waals surface area contributed by atoms with Crippen molar-refractivity contribution in [2.45, 2.75) is 24.9 Å². The third-order valence-electron chi connectivity index (χ3n) is 6.60. The molecule has 2 N–H and O–H groups in total. The Kier molecular flexibility index (Phi) is 7.58. The van der Waals surface area contributed by atoms with E-state index in [4.69, 9.17) is 0 Å². The maximum absolute atomic E-state index is 13.7. The van der Waals surface area contributed by atoms with Gasteiger partial charge in [-0.05, 0) is 53.2 Å². The van der Waals surface area contributed by atoms with E-state index in [2.05, 4.69) is 15.4 Å². The summed E-state index contributed by atoms with van der Waals surface area (Å²) in [5, 5.41) is 27.1. The zero-order chi connectivity index (χ0) is 29.5. The van der Waals surface area contributed by atoms with Crippen molar-refractivity contribution in [1.82, 2.24) is 20.0 Å². The van der Waals surface area contributed by atoms with Gasteiger partial charge in [0.1, 0.15) is 6.07 Å². The summed E-state index contributed by atoms with van der Waals surface area (Å²) >= 11 is 1.17. The van der Waals surface area contributed by atoms with Crippen LogP contribution in [0, 0.1) is 11.3 Å². The molecule has 2 aromatic carbocycles. The van der Waals surface area contributed by atoms with Crippen LogP contribution >= 0.6 is 11.8 Å². The van der Waals surface area contributed by atoms with Gasteiger partial charge in [-0.25, -0.2) is 0 Å². The molecule has 2 aliphatic rings. The number of fused-ring (bicyclic) bond motifs is 1. The van der Waals surface area contributed by atoms with Crippen molar-refractivity contribution in [2.75, 3.05) is 26.2 Å². The van der Waals surface area contributed by atoms with Crippen molar-refractivity contribution in [3.8, 4) is 6.07 Å². The molecule has 1 fully saturated rings. The lowest BCUT2D eigenvalue weighted by Crippen LogP contribution is -2.53. The molecule has 0 saturated carbocycles. The van der Waals surface area contributed by atoms with E-state index >= 15 is 0 Å². The highest BCUT2D eigenvalue weighted by Gasteiger charge is 2.38. The number of aromatic nitrogens is 2. The Morgan fingerprint density at radius 2 is 1.93 bits per heavy atom. The molecule has 0 spiro atoms. The third-order valence-corrected chi connectivity index (χ3v) is 7.64. The van der Waals surface area contributed by atoms with Crippen LogP contribution in [0.2, 0.25) is 0 Å². The van der Waals surface area contributed by atoms with Gasteiger partial charge in [-0.1, -0.05) is 12.1 Å². The number of rotatable bonds is 4. The molecule has 3 aromatic rings. The smallest absolute Gasteiger partial charge is 0.395 e. The molecular formula is C26H20F6N6O2S. The van der Waals surface area contributed by atoms with Crippen LogP contribution in [-0.4, -0.2) is 63.1 Å². The zero-order valence-corrected chi connectivity index (χ0v) is 21.7. The molecule has 214 valence electrons. The van der Waals surface area contributed by atoms with E-state index in [0.29, 0.717) is 46.7 Å². The first kappa shape index (κ1) is 28.7. The van der Waals surface area contributed by atoms with Crippen LogP contribution in [0.5, 0.6) is 0 Å². The lowest BCUT2D eigenvalue weighted by Gasteiger charge is -2.33. The molecule has 5 rings (SSSR count). The summed E-state index contributed by atoms with van der Waals surface area (Å²) in [6.07, 6.45) is -8.43. The number of amides is 1. The average molecular weight is 595 g/mol. The van der Waals surface area contributed by atoms with Crippen molar-refractivity contribution in [3.63, 3.8) is 0 Å². The van der Waals surface area contributed by atoms with E-state index in [9.17, 15) is 41.5 Å². The van der Waals surface area contributed by atoms with Crippen LogP contribution in [0.4, 0.5) is 26.3 Å². The molecule has 41 heavy (non-hydrogen) atoms. The number of benzene rings is 2. The number of carbonyl (C=O) groups is 1. The molecule has 2 aliphatic heterocycles. The van der Waals surface area contributed by atoms with Gasteiger partial charge in [0.05, 0.1) is 34.7 Å². The molecule has 0 aliphatic carbocycles. The number of hydrogen-bond acceptors (Lipinski definition) is 7. The summed E-state index contributed by atoms with van der Waals surface area (Å²) in [6.45, 7) is 1.11. The second-order valence-corrected chi connectivity index (χ2v) is 10.4. The fourth-order valence-corrected chi connectivity index (χ4v) is 5.56. The number of carbonyl (C=O) groups excluding carboxylic acids is 1. The summed E-state index contributed by atoms with van der Waals surface area (Å²) < 4.78 is 81.3. The lowest BCUT2D eigenvalue weighted by molar-refractivity contribution is -0.143. The molecule has 1 amide bonds. The van der Waals surface area contributed by atoms with Crippen molar-refractivity contribution in [1.29, 1.82) is 5.26 Å². The monoisotopic (exact) mass is 594 g/mol. The highest BCUT2D eigenvalue weighted by molar-refractivity contribution is 8.18. The summed E-state index contributed by atoms with van der Waals surface area (Å²) in [5.41, 5.74) is -2.61. The summed E-state index contributed by atoms with van der Waals surface area (Å²) in [4.78, 5) is 18.9. The van der Waals surface area contributed by atoms with Crippen LogP contribution in [0.25, 0.3) is 17.0 Å². The van der Waals surface area contributed by atoms with Gasteiger partial charge in [-0.15, -0.1) is 0 Å². The predicted molar refractivity (Wildman–Crippen MR) is 138 cm³/mol. The summed E-state index contributed by atoms with van der Waals surface area (Å²) in [5.74, 6) is -0.456.